The van der Waals surface area contributed by atoms with Crippen LogP contribution in [0.5, 0.6) is 34.5 Å². The Morgan fingerprint density at radius 2 is 1.62 bits per heavy atom. The number of aliphatic hydroxyl groups excluding tert-OH is 1. The Morgan fingerprint density at radius 1 is 0.923 bits per heavy atom. The summed E-state index contributed by atoms with van der Waals surface area (Å²) >= 11 is 0. The molecule has 3 aromatic carbocycles. The van der Waals surface area contributed by atoms with Crippen LogP contribution in [-0.2, 0) is 16.0 Å². The van der Waals surface area contributed by atoms with Crippen molar-refractivity contribution in [3.05, 3.63) is 76.9 Å². The molecule has 3 aromatic rings. The van der Waals surface area contributed by atoms with E-state index in [1.54, 1.807) is 37.5 Å². The minimum atomic E-state index is -0.482. The van der Waals surface area contributed by atoms with Gasteiger partial charge in [-0.05, 0) is 65.9 Å². The minimum Gasteiger partial charge on any atom is -0.504 e. The highest BCUT2D eigenvalue weighted by Gasteiger charge is 2.38. The minimum absolute atomic E-state index is 0.0217. The number of esters is 1. The first kappa shape index (κ1) is 27.7. The maximum absolute atomic E-state index is 12.1. The zero-order valence-corrected chi connectivity index (χ0v) is 22.0. The molecule has 0 bridgehead atoms. The molecule has 0 aromatic heterocycles. The molecule has 0 aliphatic carbocycles. The highest BCUT2D eigenvalue weighted by molar-refractivity contribution is 5.87. The summed E-state index contributed by atoms with van der Waals surface area (Å²) in [6.45, 7) is 0.0711. The molecular formula is C30H32O9. The summed E-state index contributed by atoms with van der Waals surface area (Å²) < 4.78 is 27.5. The SMILES string of the molecule is COc1cc(/C=C/C(=O)OCCCc2cc(OC)c3c(c2)[C@@H](CO)[C@H](c2ccc(O)c(OC)c2)O3)ccc1O. The summed E-state index contributed by atoms with van der Waals surface area (Å²) in [6, 6.07) is 13.6. The summed E-state index contributed by atoms with van der Waals surface area (Å²) in [6.07, 6.45) is 3.63. The van der Waals surface area contributed by atoms with E-state index in [1.807, 2.05) is 12.1 Å². The lowest BCUT2D eigenvalue weighted by Gasteiger charge is -2.18. The van der Waals surface area contributed by atoms with Crippen LogP contribution in [0.4, 0.5) is 0 Å². The molecule has 9 nitrogen and oxygen atoms in total. The van der Waals surface area contributed by atoms with Crippen molar-refractivity contribution < 1.29 is 43.8 Å². The van der Waals surface area contributed by atoms with Gasteiger partial charge in [-0.1, -0.05) is 18.2 Å². The number of rotatable bonds is 11. The number of hydrogen-bond acceptors (Lipinski definition) is 9. The van der Waals surface area contributed by atoms with Gasteiger partial charge in [0.05, 0.1) is 40.5 Å². The molecule has 39 heavy (non-hydrogen) atoms. The molecule has 4 rings (SSSR count). The number of aromatic hydroxyl groups is 2. The molecular weight excluding hydrogens is 504 g/mol. The molecule has 0 spiro atoms. The van der Waals surface area contributed by atoms with E-state index >= 15 is 0 Å². The van der Waals surface area contributed by atoms with Crippen LogP contribution in [-0.4, -0.2) is 55.8 Å². The van der Waals surface area contributed by atoms with E-state index in [2.05, 4.69) is 0 Å². The van der Waals surface area contributed by atoms with Gasteiger partial charge in [0.1, 0.15) is 6.10 Å². The Labute approximate surface area is 226 Å². The van der Waals surface area contributed by atoms with Crippen molar-refractivity contribution in [1.29, 1.82) is 0 Å². The fourth-order valence-corrected chi connectivity index (χ4v) is 4.58. The normalized spacial score (nSPS) is 16.0. The third-order valence-corrected chi connectivity index (χ3v) is 6.57. The van der Waals surface area contributed by atoms with E-state index < -0.39 is 12.1 Å². The van der Waals surface area contributed by atoms with Gasteiger partial charge in [-0.25, -0.2) is 4.79 Å². The number of benzene rings is 3. The maximum Gasteiger partial charge on any atom is 0.330 e. The molecule has 0 amide bonds. The van der Waals surface area contributed by atoms with Crippen molar-refractivity contribution in [2.75, 3.05) is 34.5 Å². The van der Waals surface area contributed by atoms with Crippen molar-refractivity contribution in [3.8, 4) is 34.5 Å². The second-order valence-corrected chi connectivity index (χ2v) is 9.01. The molecule has 9 heteroatoms. The van der Waals surface area contributed by atoms with Crippen LogP contribution in [0.25, 0.3) is 6.08 Å². The number of ether oxygens (including phenoxy) is 5. The fourth-order valence-electron chi connectivity index (χ4n) is 4.58. The number of fused-ring (bicyclic) bond motifs is 1. The number of hydrogen-bond donors (Lipinski definition) is 3. The van der Waals surface area contributed by atoms with Crippen LogP contribution in [0.15, 0.2) is 54.6 Å². The number of carbonyl (C=O) groups excluding carboxylic acids is 1. The maximum atomic E-state index is 12.1. The first-order valence-electron chi connectivity index (χ1n) is 12.5. The van der Waals surface area contributed by atoms with E-state index in [9.17, 15) is 20.1 Å². The zero-order chi connectivity index (χ0) is 27.9. The van der Waals surface area contributed by atoms with Gasteiger partial charge in [-0.15, -0.1) is 0 Å². The summed E-state index contributed by atoms with van der Waals surface area (Å²) in [7, 11) is 4.49. The molecule has 0 fully saturated rings. The van der Waals surface area contributed by atoms with E-state index in [0.717, 1.165) is 16.7 Å². The second kappa shape index (κ2) is 12.4. The molecule has 2 atom stereocenters. The standard InChI is InChI=1S/C30H32O9/c1-35-25-14-18(6-9-23(25)32)7-11-28(34)38-12-4-5-19-13-21-22(17-31)29(39-30(21)27(15-19)37-3)20-8-10-24(33)26(16-20)36-2/h6-11,13-16,22,29,31-33H,4-5,12,17H2,1-3H3/b11-7+/t22-,29+/m1/s1. The van der Waals surface area contributed by atoms with Crippen LogP contribution < -0.4 is 18.9 Å². The van der Waals surface area contributed by atoms with Crippen LogP contribution in [0.2, 0.25) is 0 Å². The fraction of sp³-hybridized carbons (Fsp3) is 0.300. The molecule has 0 saturated heterocycles. The van der Waals surface area contributed by atoms with Gasteiger partial charge in [0.2, 0.25) is 0 Å². The molecule has 1 heterocycles. The Kier molecular flexibility index (Phi) is 8.83. The lowest BCUT2D eigenvalue weighted by atomic mass is 9.90. The van der Waals surface area contributed by atoms with Crippen LogP contribution >= 0.6 is 0 Å². The number of aliphatic hydroxyl groups is 1. The number of methoxy groups -OCH3 is 3. The summed E-state index contributed by atoms with van der Waals surface area (Å²) in [4.78, 5) is 12.1. The lowest BCUT2D eigenvalue weighted by molar-refractivity contribution is -0.137. The van der Waals surface area contributed by atoms with Crippen molar-refractivity contribution >= 4 is 12.0 Å². The van der Waals surface area contributed by atoms with Crippen LogP contribution in [0.1, 0.15) is 40.7 Å². The van der Waals surface area contributed by atoms with Gasteiger partial charge in [-0.3, -0.25) is 0 Å². The van der Waals surface area contributed by atoms with Crippen LogP contribution in [0, 0.1) is 0 Å². The Balaban J connectivity index is 1.39. The van der Waals surface area contributed by atoms with Crippen molar-refractivity contribution in [2.45, 2.75) is 24.9 Å². The smallest absolute Gasteiger partial charge is 0.330 e. The summed E-state index contributed by atoms with van der Waals surface area (Å²) in [5.41, 5.74) is 3.23. The van der Waals surface area contributed by atoms with Crippen molar-refractivity contribution in [1.82, 2.24) is 0 Å². The Morgan fingerprint density at radius 3 is 2.31 bits per heavy atom. The number of carbonyl (C=O) groups is 1. The number of phenols is 2. The molecule has 1 aliphatic rings. The predicted molar refractivity (Wildman–Crippen MR) is 144 cm³/mol. The topological polar surface area (TPSA) is 124 Å². The van der Waals surface area contributed by atoms with Gasteiger partial charge in [0, 0.05) is 11.6 Å². The van der Waals surface area contributed by atoms with E-state index in [4.69, 9.17) is 23.7 Å². The lowest BCUT2D eigenvalue weighted by Crippen LogP contribution is -2.13. The Hall–Kier alpha value is -4.37. The molecule has 0 saturated carbocycles. The van der Waals surface area contributed by atoms with Gasteiger partial charge in [-0.2, -0.15) is 0 Å². The number of phenolic OH excluding ortho intramolecular Hbond substituents is 2. The highest BCUT2D eigenvalue weighted by atomic mass is 16.5. The molecule has 1 aliphatic heterocycles. The monoisotopic (exact) mass is 536 g/mol. The third kappa shape index (κ3) is 6.21. The summed E-state index contributed by atoms with van der Waals surface area (Å²) in [5, 5.41) is 29.9. The third-order valence-electron chi connectivity index (χ3n) is 6.57. The van der Waals surface area contributed by atoms with Gasteiger partial charge in [0.25, 0.3) is 0 Å². The van der Waals surface area contributed by atoms with Crippen molar-refractivity contribution in [3.63, 3.8) is 0 Å². The highest BCUT2D eigenvalue weighted by Crippen LogP contribution is 2.51. The molecule has 0 radical (unpaired) electrons. The molecule has 0 unspecified atom stereocenters. The zero-order valence-electron chi connectivity index (χ0n) is 22.0. The van der Waals surface area contributed by atoms with Gasteiger partial charge < -0.3 is 39.0 Å². The van der Waals surface area contributed by atoms with Gasteiger partial charge in [0.15, 0.2) is 34.5 Å². The van der Waals surface area contributed by atoms with E-state index in [1.165, 1.54) is 32.4 Å². The van der Waals surface area contributed by atoms with Crippen LogP contribution in [0.3, 0.4) is 0 Å². The average Bonchev–Trinajstić information content (AvgIpc) is 3.33. The first-order valence-corrected chi connectivity index (χ1v) is 12.5. The van der Waals surface area contributed by atoms with E-state index in [0.29, 0.717) is 41.4 Å². The average molecular weight is 537 g/mol. The largest absolute Gasteiger partial charge is 0.504 e. The van der Waals surface area contributed by atoms with E-state index in [-0.39, 0.29) is 30.6 Å². The van der Waals surface area contributed by atoms with Crippen molar-refractivity contribution in [2.24, 2.45) is 0 Å². The summed E-state index contributed by atoms with van der Waals surface area (Å²) in [5.74, 6) is 0.987. The molecule has 206 valence electrons. The Bertz CT molecular complexity index is 1350. The molecule has 3 N–H and O–H groups in total. The predicted octanol–water partition coefficient (Wildman–Crippen LogP) is 4.52. The van der Waals surface area contributed by atoms with Gasteiger partial charge >= 0.3 is 5.97 Å². The quantitative estimate of drug-likeness (QED) is 0.184. The first-order chi connectivity index (χ1) is 18.9. The number of aryl methyl sites for hydroxylation is 1. The second-order valence-electron chi connectivity index (χ2n) is 9.01.